The van der Waals surface area contributed by atoms with Gasteiger partial charge in [0.05, 0.1) is 22.5 Å². The van der Waals surface area contributed by atoms with Crippen LogP contribution in [0.2, 0.25) is 5.02 Å². The molecule has 0 saturated carbocycles. The Hall–Kier alpha value is -3.58. The molecule has 0 aliphatic heterocycles. The number of rotatable bonds is 9. The number of thiazole rings is 1. The van der Waals surface area contributed by atoms with Gasteiger partial charge in [0.2, 0.25) is 0 Å². The maximum absolute atomic E-state index is 12.6. The number of carbonyl (C=O) groups is 1. The zero-order valence-electron chi connectivity index (χ0n) is 18.8. The fraction of sp³-hybridized carbons (Fsp3) is 0.120. The van der Waals surface area contributed by atoms with Crippen molar-refractivity contribution in [3.63, 3.8) is 0 Å². The van der Waals surface area contributed by atoms with Crippen LogP contribution in [0.4, 0.5) is 10.9 Å². The van der Waals surface area contributed by atoms with E-state index in [4.69, 9.17) is 16.3 Å². The van der Waals surface area contributed by atoms with Gasteiger partial charge < -0.3 is 15.4 Å². The molecule has 10 heteroatoms. The van der Waals surface area contributed by atoms with E-state index < -0.39 is 0 Å². The van der Waals surface area contributed by atoms with E-state index in [9.17, 15) is 4.79 Å². The van der Waals surface area contributed by atoms with Gasteiger partial charge in [0.15, 0.2) is 5.13 Å². The zero-order chi connectivity index (χ0) is 25.0. The fourth-order valence-corrected chi connectivity index (χ4v) is 5.07. The van der Waals surface area contributed by atoms with Gasteiger partial charge in [-0.15, -0.1) is 12.8 Å². The second-order valence-electron chi connectivity index (χ2n) is 6.78. The van der Waals surface area contributed by atoms with Crippen LogP contribution in [0.25, 0.3) is 0 Å². The number of ether oxygens (including phenoxy) is 1. The van der Waals surface area contributed by atoms with E-state index in [1.54, 1.807) is 31.8 Å². The Balaban J connectivity index is 0.00000167. The van der Waals surface area contributed by atoms with Crippen LogP contribution in [-0.2, 0) is 6.42 Å². The molecule has 7 nitrogen and oxygen atoms in total. The normalized spacial score (nSPS) is 10.1. The summed E-state index contributed by atoms with van der Waals surface area (Å²) in [4.78, 5) is 26.3. The standard InChI is InChI=1S/C23H20ClN5O2S2.C2H2/c1-31-19-6-5-15(12-17(19)24)7-10-27-22(30)18-13-16(8-11-25-18)32-21-14-28-23(33-21)29-20-4-2-3-9-26-20;1-2/h2-6,8-9,11-14H,7,10H2,1H3,(H,27,30)(H,26,28,29);1-2H. The number of benzene rings is 1. The lowest BCUT2D eigenvalue weighted by Crippen LogP contribution is -2.26. The van der Waals surface area contributed by atoms with Crippen molar-refractivity contribution in [3.05, 3.63) is 83.4 Å². The highest BCUT2D eigenvalue weighted by molar-refractivity contribution is 8.01. The number of anilines is 2. The molecule has 3 heterocycles. The highest BCUT2D eigenvalue weighted by Crippen LogP contribution is 2.34. The van der Waals surface area contributed by atoms with Crippen molar-refractivity contribution < 1.29 is 9.53 Å². The Morgan fingerprint density at radius 3 is 2.71 bits per heavy atom. The Kier molecular flexibility index (Phi) is 9.93. The number of aromatic nitrogens is 3. The highest BCUT2D eigenvalue weighted by Gasteiger charge is 2.10. The molecule has 35 heavy (non-hydrogen) atoms. The van der Waals surface area contributed by atoms with Gasteiger partial charge >= 0.3 is 0 Å². The average molecular weight is 524 g/mol. The van der Waals surface area contributed by atoms with Crippen LogP contribution >= 0.6 is 34.7 Å². The summed E-state index contributed by atoms with van der Waals surface area (Å²) in [5.41, 5.74) is 1.38. The number of terminal acetylenes is 1. The largest absolute Gasteiger partial charge is 0.495 e. The molecule has 0 spiro atoms. The van der Waals surface area contributed by atoms with E-state index in [0.717, 1.165) is 25.6 Å². The lowest BCUT2D eigenvalue weighted by molar-refractivity contribution is 0.0949. The molecule has 178 valence electrons. The molecular weight excluding hydrogens is 502 g/mol. The van der Waals surface area contributed by atoms with Crippen molar-refractivity contribution >= 4 is 51.6 Å². The second kappa shape index (κ2) is 13.3. The maximum atomic E-state index is 12.6. The number of methoxy groups -OCH3 is 1. The smallest absolute Gasteiger partial charge is 0.269 e. The minimum Gasteiger partial charge on any atom is -0.495 e. The predicted molar refractivity (Wildman–Crippen MR) is 142 cm³/mol. The van der Waals surface area contributed by atoms with Crippen LogP contribution in [0, 0.1) is 12.8 Å². The number of amides is 1. The summed E-state index contributed by atoms with van der Waals surface area (Å²) in [5, 5.41) is 7.39. The first-order valence-corrected chi connectivity index (χ1v) is 12.3. The molecule has 2 N–H and O–H groups in total. The predicted octanol–water partition coefficient (Wildman–Crippen LogP) is 5.71. The van der Waals surface area contributed by atoms with Crippen LogP contribution in [0.1, 0.15) is 16.1 Å². The summed E-state index contributed by atoms with van der Waals surface area (Å²) in [7, 11) is 1.58. The monoisotopic (exact) mass is 523 g/mol. The van der Waals surface area contributed by atoms with E-state index in [1.165, 1.54) is 23.1 Å². The molecule has 0 radical (unpaired) electrons. The van der Waals surface area contributed by atoms with Crippen molar-refractivity contribution in [2.75, 3.05) is 19.0 Å². The number of halogens is 1. The maximum Gasteiger partial charge on any atom is 0.269 e. The molecular formula is C25H22ClN5O2S2. The van der Waals surface area contributed by atoms with Crippen molar-refractivity contribution in [1.82, 2.24) is 20.3 Å². The molecule has 0 aliphatic rings. The lowest BCUT2D eigenvalue weighted by Gasteiger charge is -2.08. The van der Waals surface area contributed by atoms with Gasteiger partial charge in [0, 0.05) is 23.8 Å². The van der Waals surface area contributed by atoms with Crippen LogP contribution in [0.3, 0.4) is 0 Å². The van der Waals surface area contributed by atoms with Crippen LogP contribution in [0.15, 0.2) is 76.2 Å². The quantitative estimate of drug-likeness (QED) is 0.271. The summed E-state index contributed by atoms with van der Waals surface area (Å²) >= 11 is 9.19. The molecule has 1 aromatic carbocycles. The summed E-state index contributed by atoms with van der Waals surface area (Å²) < 4.78 is 6.15. The minimum atomic E-state index is -0.223. The van der Waals surface area contributed by atoms with E-state index in [1.807, 2.05) is 42.5 Å². The summed E-state index contributed by atoms with van der Waals surface area (Å²) in [6.07, 6.45) is 13.8. The topological polar surface area (TPSA) is 89.0 Å². The van der Waals surface area contributed by atoms with E-state index in [0.29, 0.717) is 29.4 Å². The molecule has 0 saturated heterocycles. The van der Waals surface area contributed by atoms with Crippen molar-refractivity contribution in [3.8, 4) is 18.6 Å². The molecule has 0 unspecified atom stereocenters. The molecule has 0 atom stereocenters. The van der Waals surface area contributed by atoms with Gasteiger partial charge in [-0.25, -0.2) is 9.97 Å². The van der Waals surface area contributed by atoms with Crippen molar-refractivity contribution in [2.24, 2.45) is 0 Å². The third kappa shape index (κ3) is 7.72. The Morgan fingerprint density at radius 1 is 1.11 bits per heavy atom. The average Bonchev–Trinajstić information content (AvgIpc) is 3.32. The third-order valence-electron chi connectivity index (χ3n) is 4.48. The second-order valence-corrected chi connectivity index (χ2v) is 9.59. The van der Waals surface area contributed by atoms with Crippen LogP contribution in [0.5, 0.6) is 5.75 Å². The van der Waals surface area contributed by atoms with E-state index in [2.05, 4.69) is 38.4 Å². The first-order valence-electron chi connectivity index (χ1n) is 10.3. The number of nitrogens with one attached hydrogen (secondary N) is 2. The summed E-state index contributed by atoms with van der Waals surface area (Å²) in [5.74, 6) is 1.14. The Morgan fingerprint density at radius 2 is 1.97 bits per heavy atom. The Labute approximate surface area is 217 Å². The van der Waals surface area contributed by atoms with Crippen molar-refractivity contribution in [2.45, 2.75) is 15.5 Å². The molecule has 4 aromatic rings. The van der Waals surface area contributed by atoms with Gasteiger partial charge in [0.25, 0.3) is 5.91 Å². The lowest BCUT2D eigenvalue weighted by atomic mass is 10.1. The van der Waals surface area contributed by atoms with Gasteiger partial charge in [-0.1, -0.05) is 46.8 Å². The number of pyridine rings is 2. The third-order valence-corrected chi connectivity index (χ3v) is 6.78. The summed E-state index contributed by atoms with van der Waals surface area (Å²) in [6.45, 7) is 0.470. The van der Waals surface area contributed by atoms with Gasteiger partial charge in [-0.2, -0.15) is 0 Å². The van der Waals surface area contributed by atoms with Gasteiger partial charge in [0.1, 0.15) is 17.3 Å². The first-order chi connectivity index (χ1) is 17.1. The SMILES string of the molecule is C#C.COc1ccc(CCNC(=O)c2cc(Sc3cnc(Nc4ccccn4)s3)ccn2)cc1Cl. The number of hydrogen-bond acceptors (Lipinski definition) is 8. The molecule has 0 fully saturated rings. The van der Waals surface area contributed by atoms with Crippen LogP contribution < -0.4 is 15.4 Å². The van der Waals surface area contributed by atoms with Gasteiger partial charge in [-0.05, 0) is 48.4 Å². The fourth-order valence-electron chi connectivity index (χ4n) is 2.90. The Bertz CT molecular complexity index is 1280. The number of carbonyl (C=O) groups excluding carboxylic acids is 1. The van der Waals surface area contributed by atoms with Crippen LogP contribution in [-0.4, -0.2) is 34.5 Å². The molecule has 0 bridgehead atoms. The summed E-state index contributed by atoms with van der Waals surface area (Å²) in [6, 6.07) is 14.9. The highest BCUT2D eigenvalue weighted by atomic mass is 35.5. The van der Waals surface area contributed by atoms with E-state index >= 15 is 0 Å². The number of hydrogen-bond donors (Lipinski definition) is 2. The number of nitrogens with zero attached hydrogens (tertiary/aromatic N) is 3. The molecule has 0 aliphatic carbocycles. The molecule has 3 aromatic heterocycles. The first kappa shape index (κ1) is 26.0. The van der Waals surface area contributed by atoms with Gasteiger partial charge in [-0.3, -0.25) is 9.78 Å². The molecule has 4 rings (SSSR count). The zero-order valence-corrected chi connectivity index (χ0v) is 21.2. The van der Waals surface area contributed by atoms with Crippen molar-refractivity contribution in [1.29, 1.82) is 0 Å². The molecule has 1 amide bonds. The minimum absolute atomic E-state index is 0.223. The van der Waals surface area contributed by atoms with E-state index in [-0.39, 0.29) is 5.91 Å².